The molecule has 6 nitrogen and oxygen atoms in total. The van der Waals surface area contributed by atoms with Crippen molar-refractivity contribution in [3.63, 3.8) is 0 Å². The molecule has 0 bridgehead atoms. The molecule has 0 heterocycles. The van der Waals surface area contributed by atoms with Crippen LogP contribution < -0.4 is 10.1 Å². The topological polar surface area (TPSA) is 81.7 Å². The lowest BCUT2D eigenvalue weighted by atomic mass is 9.95. The normalized spacial score (nSPS) is 10.8. The van der Waals surface area contributed by atoms with E-state index in [0.717, 1.165) is 0 Å². The first-order valence-electron chi connectivity index (χ1n) is 8.46. The molecule has 0 aliphatic heterocycles. The van der Waals surface area contributed by atoms with E-state index in [4.69, 9.17) is 4.74 Å². The second-order valence-electron chi connectivity index (χ2n) is 7.01. The molecule has 0 radical (unpaired) electrons. The highest BCUT2D eigenvalue weighted by Gasteiger charge is 2.21. The van der Waals surface area contributed by atoms with Crippen LogP contribution in [-0.4, -0.2) is 31.4 Å². The van der Waals surface area contributed by atoms with Gasteiger partial charge in [0.15, 0.2) is 12.4 Å². The summed E-state index contributed by atoms with van der Waals surface area (Å²) in [5.74, 6) is -0.248. The molecular weight excluding hydrogens is 346 g/mol. The highest BCUT2D eigenvalue weighted by Crippen LogP contribution is 2.18. The summed E-state index contributed by atoms with van der Waals surface area (Å²) < 4.78 is 10.1. The van der Waals surface area contributed by atoms with E-state index in [0.29, 0.717) is 22.6 Å². The number of carbonyl (C=O) groups is 3. The highest BCUT2D eigenvalue weighted by atomic mass is 16.5. The quantitative estimate of drug-likeness (QED) is 0.620. The summed E-state index contributed by atoms with van der Waals surface area (Å²) in [5.41, 5.74) is 1.02. The van der Waals surface area contributed by atoms with Crippen molar-refractivity contribution in [3.05, 3.63) is 59.7 Å². The molecule has 27 heavy (non-hydrogen) atoms. The Hall–Kier alpha value is -3.15. The zero-order valence-electron chi connectivity index (χ0n) is 15.9. The Kier molecular flexibility index (Phi) is 6.34. The number of carbonyl (C=O) groups excluding carboxylic acids is 3. The van der Waals surface area contributed by atoms with E-state index in [-0.39, 0.29) is 18.3 Å². The fourth-order valence-electron chi connectivity index (χ4n) is 2.10. The monoisotopic (exact) mass is 369 g/mol. The molecule has 0 aliphatic carbocycles. The van der Waals surface area contributed by atoms with E-state index in [1.165, 1.54) is 7.11 Å². The first kappa shape index (κ1) is 20.2. The van der Waals surface area contributed by atoms with Gasteiger partial charge in [-0.15, -0.1) is 0 Å². The van der Waals surface area contributed by atoms with Crippen molar-refractivity contribution in [1.82, 2.24) is 0 Å². The van der Waals surface area contributed by atoms with Crippen LogP contribution in [0, 0.1) is 5.41 Å². The van der Waals surface area contributed by atoms with E-state index >= 15 is 0 Å². The third kappa shape index (κ3) is 5.67. The number of esters is 1. The molecule has 0 saturated carbocycles. The van der Waals surface area contributed by atoms with Gasteiger partial charge in [0.05, 0.1) is 12.7 Å². The molecule has 0 unspecified atom stereocenters. The molecule has 0 aliphatic rings. The van der Waals surface area contributed by atoms with Crippen LogP contribution in [0.3, 0.4) is 0 Å². The Bertz CT molecular complexity index is 817. The lowest BCUT2D eigenvalue weighted by molar-refractivity contribution is -0.123. The summed E-state index contributed by atoms with van der Waals surface area (Å²) in [4.78, 5) is 35.6. The first-order valence-corrected chi connectivity index (χ1v) is 8.46. The molecular formula is C21H23NO5. The lowest BCUT2D eigenvalue weighted by Crippen LogP contribution is -2.27. The Morgan fingerprint density at radius 3 is 1.96 bits per heavy atom. The maximum absolute atomic E-state index is 12.2. The van der Waals surface area contributed by atoms with Crippen molar-refractivity contribution in [2.75, 3.05) is 19.0 Å². The number of ketones is 1. The molecule has 142 valence electrons. The lowest BCUT2D eigenvalue weighted by Gasteiger charge is -2.17. The number of nitrogens with one attached hydrogen (secondary N) is 1. The van der Waals surface area contributed by atoms with Crippen LogP contribution in [0.4, 0.5) is 5.69 Å². The SMILES string of the molecule is COC(=O)c1ccc(OCC(=O)c2ccc(NC(=O)C(C)(C)C)cc2)cc1. The second kappa shape index (κ2) is 8.49. The maximum atomic E-state index is 12.2. The number of hydrogen-bond acceptors (Lipinski definition) is 5. The van der Waals surface area contributed by atoms with Crippen LogP contribution in [-0.2, 0) is 9.53 Å². The molecule has 0 atom stereocenters. The zero-order chi connectivity index (χ0) is 20.0. The summed E-state index contributed by atoms with van der Waals surface area (Å²) >= 11 is 0. The number of methoxy groups -OCH3 is 1. The smallest absolute Gasteiger partial charge is 0.337 e. The predicted molar refractivity (Wildman–Crippen MR) is 102 cm³/mol. The number of Topliss-reactive ketones (excluding diaryl/α,β-unsaturated/α-hetero) is 1. The van der Waals surface area contributed by atoms with Gasteiger partial charge in [0.25, 0.3) is 0 Å². The van der Waals surface area contributed by atoms with Crippen molar-refractivity contribution in [1.29, 1.82) is 0 Å². The van der Waals surface area contributed by atoms with Gasteiger partial charge in [-0.05, 0) is 48.5 Å². The van der Waals surface area contributed by atoms with Gasteiger partial charge in [-0.2, -0.15) is 0 Å². The predicted octanol–water partition coefficient (Wildman–Crippen LogP) is 3.72. The van der Waals surface area contributed by atoms with E-state index in [1.807, 2.05) is 20.8 Å². The maximum Gasteiger partial charge on any atom is 0.337 e. The molecule has 0 aromatic heterocycles. The molecule has 2 aromatic carbocycles. The minimum Gasteiger partial charge on any atom is -0.485 e. The van der Waals surface area contributed by atoms with Crippen LogP contribution >= 0.6 is 0 Å². The van der Waals surface area contributed by atoms with Gasteiger partial charge in [0.1, 0.15) is 5.75 Å². The zero-order valence-corrected chi connectivity index (χ0v) is 15.9. The van der Waals surface area contributed by atoms with Crippen molar-refractivity contribution < 1.29 is 23.9 Å². The highest BCUT2D eigenvalue weighted by molar-refractivity contribution is 5.98. The summed E-state index contributed by atoms with van der Waals surface area (Å²) in [7, 11) is 1.31. The molecule has 6 heteroatoms. The van der Waals surface area contributed by atoms with Gasteiger partial charge in [0.2, 0.25) is 5.91 Å². The average molecular weight is 369 g/mol. The number of rotatable bonds is 6. The van der Waals surface area contributed by atoms with Gasteiger partial charge < -0.3 is 14.8 Å². The number of hydrogen-bond donors (Lipinski definition) is 1. The van der Waals surface area contributed by atoms with Crippen molar-refractivity contribution in [3.8, 4) is 5.75 Å². The number of anilines is 1. The average Bonchev–Trinajstić information content (AvgIpc) is 2.65. The van der Waals surface area contributed by atoms with E-state index in [1.54, 1.807) is 48.5 Å². The fraction of sp³-hybridized carbons (Fsp3) is 0.286. The van der Waals surface area contributed by atoms with Gasteiger partial charge in [-0.1, -0.05) is 20.8 Å². The third-order valence-corrected chi connectivity index (χ3v) is 3.79. The van der Waals surface area contributed by atoms with Gasteiger partial charge in [-0.3, -0.25) is 9.59 Å². The summed E-state index contributed by atoms with van der Waals surface area (Å²) in [6, 6.07) is 13.0. The number of ether oxygens (including phenoxy) is 2. The van der Waals surface area contributed by atoms with Gasteiger partial charge in [0, 0.05) is 16.7 Å². The minimum absolute atomic E-state index is 0.0969. The van der Waals surface area contributed by atoms with E-state index in [2.05, 4.69) is 10.1 Å². The first-order chi connectivity index (χ1) is 12.7. The fourth-order valence-corrected chi connectivity index (χ4v) is 2.10. The minimum atomic E-state index is -0.494. The molecule has 0 spiro atoms. The van der Waals surface area contributed by atoms with Crippen LogP contribution in [0.5, 0.6) is 5.75 Å². The van der Waals surface area contributed by atoms with Crippen LogP contribution in [0.2, 0.25) is 0 Å². The number of benzene rings is 2. The van der Waals surface area contributed by atoms with Crippen molar-refractivity contribution in [2.45, 2.75) is 20.8 Å². The van der Waals surface area contributed by atoms with E-state index < -0.39 is 11.4 Å². The second-order valence-corrected chi connectivity index (χ2v) is 7.01. The molecule has 0 fully saturated rings. The van der Waals surface area contributed by atoms with Crippen molar-refractivity contribution in [2.24, 2.45) is 5.41 Å². The molecule has 2 rings (SSSR count). The van der Waals surface area contributed by atoms with Gasteiger partial charge >= 0.3 is 5.97 Å². The summed E-state index contributed by atoms with van der Waals surface area (Å²) in [6.07, 6.45) is 0. The Labute approximate surface area is 158 Å². The third-order valence-electron chi connectivity index (χ3n) is 3.79. The Morgan fingerprint density at radius 1 is 0.889 bits per heavy atom. The van der Waals surface area contributed by atoms with Crippen LogP contribution in [0.25, 0.3) is 0 Å². The molecule has 1 N–H and O–H groups in total. The van der Waals surface area contributed by atoms with Gasteiger partial charge in [-0.25, -0.2) is 4.79 Å². The van der Waals surface area contributed by atoms with Crippen LogP contribution in [0.15, 0.2) is 48.5 Å². The summed E-state index contributed by atoms with van der Waals surface area (Å²) in [6.45, 7) is 5.35. The Balaban J connectivity index is 1.92. The Morgan fingerprint density at radius 2 is 1.44 bits per heavy atom. The standard InChI is InChI=1S/C21H23NO5/c1-21(2,3)20(25)22-16-9-5-14(6-10-16)18(23)13-27-17-11-7-15(8-12-17)19(24)26-4/h5-12H,13H2,1-4H3,(H,22,25). The summed E-state index contributed by atoms with van der Waals surface area (Å²) in [5, 5.41) is 2.81. The molecule has 1 amide bonds. The van der Waals surface area contributed by atoms with E-state index in [9.17, 15) is 14.4 Å². The van der Waals surface area contributed by atoms with Crippen LogP contribution in [0.1, 0.15) is 41.5 Å². The number of amides is 1. The molecule has 2 aromatic rings. The largest absolute Gasteiger partial charge is 0.485 e. The van der Waals surface area contributed by atoms with Crippen molar-refractivity contribution >= 4 is 23.3 Å². The molecule has 0 saturated heterocycles.